The molecule has 0 unspecified atom stereocenters. The molecule has 0 atom stereocenters. The van der Waals surface area contributed by atoms with Gasteiger partial charge in [0.05, 0.1) is 10.2 Å². The van der Waals surface area contributed by atoms with Crippen LogP contribution in [0.2, 0.25) is 0 Å². The highest BCUT2D eigenvalue weighted by Crippen LogP contribution is 2.26. The Kier molecular flexibility index (Phi) is 5.28. The van der Waals surface area contributed by atoms with E-state index in [-0.39, 0.29) is 22.9 Å². The van der Waals surface area contributed by atoms with Gasteiger partial charge in [-0.05, 0) is 59.3 Å². The molecule has 2 heterocycles. The lowest BCUT2D eigenvalue weighted by Gasteiger charge is -2.00. The fraction of sp³-hybridized carbons (Fsp3) is 0.0714. The van der Waals surface area contributed by atoms with Crippen LogP contribution >= 0.6 is 50.9 Å². The minimum Gasteiger partial charge on any atom is -0.296 e. The third-order valence-electron chi connectivity index (χ3n) is 2.72. The Labute approximate surface area is 149 Å². The van der Waals surface area contributed by atoms with Gasteiger partial charge >= 0.3 is 0 Å². The summed E-state index contributed by atoms with van der Waals surface area (Å²) >= 11 is 3.62. The fourth-order valence-electron chi connectivity index (χ4n) is 1.76. The van der Waals surface area contributed by atoms with E-state index >= 15 is 0 Å². The second kappa shape index (κ2) is 6.80. The molecule has 108 valence electrons. The van der Waals surface area contributed by atoms with Crippen LogP contribution in [0.4, 0.5) is 5.13 Å². The highest BCUT2D eigenvalue weighted by molar-refractivity contribution is 14.1. The molecule has 2 aromatic heterocycles. The molecule has 0 radical (unpaired) electrons. The van der Waals surface area contributed by atoms with Gasteiger partial charge in [0.15, 0.2) is 5.13 Å². The van der Waals surface area contributed by atoms with Gasteiger partial charge in [-0.2, -0.15) is 0 Å². The molecule has 0 aliphatic rings. The predicted molar refractivity (Wildman–Crippen MR) is 99.6 cm³/mol. The molecule has 1 amide bonds. The number of nitrogens with one attached hydrogen (secondary N) is 1. The molecule has 3 rings (SSSR count). The number of aromatic nitrogens is 2. The van der Waals surface area contributed by atoms with Crippen molar-refractivity contribution in [2.24, 2.45) is 0 Å². The van der Waals surface area contributed by atoms with Gasteiger partial charge in [0.2, 0.25) is 0 Å². The van der Waals surface area contributed by atoms with E-state index in [4.69, 9.17) is 0 Å². The lowest BCUT2D eigenvalue weighted by molar-refractivity contribution is 0.102. The number of hydrogen-bond donors (Lipinski definition) is 1. The van der Waals surface area contributed by atoms with Gasteiger partial charge in [-0.25, -0.2) is 9.97 Å². The maximum absolute atomic E-state index is 12.1. The van der Waals surface area contributed by atoms with Crippen molar-refractivity contribution >= 4 is 72.2 Å². The highest BCUT2D eigenvalue weighted by Gasteiger charge is 2.10. The van der Waals surface area contributed by atoms with Crippen molar-refractivity contribution in [3.05, 3.63) is 51.4 Å². The van der Waals surface area contributed by atoms with Crippen molar-refractivity contribution < 1.29 is 4.79 Å². The molecule has 0 aliphatic carbocycles. The zero-order chi connectivity index (χ0) is 14.1. The Morgan fingerprint density at radius 1 is 1.29 bits per heavy atom. The van der Waals surface area contributed by atoms with Crippen molar-refractivity contribution in [3.8, 4) is 0 Å². The van der Waals surface area contributed by atoms with E-state index in [9.17, 15) is 4.79 Å². The number of anilines is 1. The lowest BCUT2D eigenvalue weighted by atomic mass is 10.2. The summed E-state index contributed by atoms with van der Waals surface area (Å²) in [7, 11) is 0. The first-order chi connectivity index (χ1) is 9.61. The number of pyridine rings is 1. The van der Waals surface area contributed by atoms with Crippen LogP contribution < -0.4 is 5.32 Å². The fourth-order valence-corrected chi connectivity index (χ4v) is 3.03. The second-order valence-electron chi connectivity index (χ2n) is 4.31. The summed E-state index contributed by atoms with van der Waals surface area (Å²) in [6.45, 7) is 2.03. The van der Waals surface area contributed by atoms with E-state index in [1.807, 2.05) is 25.1 Å². The molecule has 1 N–H and O–H groups in total. The summed E-state index contributed by atoms with van der Waals surface area (Å²) in [5, 5.41) is 3.38. The Morgan fingerprint density at radius 2 is 2.10 bits per heavy atom. The van der Waals surface area contributed by atoms with Crippen molar-refractivity contribution in [1.82, 2.24) is 9.97 Å². The number of halogens is 2. The van der Waals surface area contributed by atoms with E-state index in [1.54, 1.807) is 12.3 Å². The van der Waals surface area contributed by atoms with Crippen LogP contribution in [-0.2, 0) is 0 Å². The van der Waals surface area contributed by atoms with E-state index in [0.29, 0.717) is 10.8 Å². The van der Waals surface area contributed by atoms with E-state index in [2.05, 4.69) is 43.9 Å². The number of carbonyl (C=O) groups excluding carboxylic acids is 1. The third-order valence-corrected chi connectivity index (χ3v) is 4.30. The zero-order valence-corrected chi connectivity index (χ0v) is 15.6. The molecule has 1 aromatic carbocycles. The Bertz CT molecular complexity index is 789. The monoisotopic (exact) mass is 475 g/mol. The average molecular weight is 476 g/mol. The van der Waals surface area contributed by atoms with Gasteiger partial charge in [-0.15, -0.1) is 17.0 Å². The normalized spacial score (nSPS) is 10.2. The van der Waals surface area contributed by atoms with Crippen LogP contribution in [-0.4, -0.2) is 15.9 Å². The number of amides is 1. The SMILES string of the molecule is Br.Cc1ccc2nc(NC(=O)c3ccc(I)cn3)sc2c1. The maximum atomic E-state index is 12.1. The summed E-state index contributed by atoms with van der Waals surface area (Å²) in [5.74, 6) is -0.239. The standard InChI is InChI=1S/C14H10IN3OS.BrH/c1-8-2-4-10-12(6-8)20-14(17-10)18-13(19)11-5-3-9(15)7-16-11;/h2-7H,1H3,(H,17,18,19);1H. The van der Waals surface area contributed by atoms with Crippen molar-refractivity contribution in [1.29, 1.82) is 0 Å². The number of thiazole rings is 1. The van der Waals surface area contributed by atoms with Gasteiger partial charge in [-0.3, -0.25) is 10.1 Å². The topological polar surface area (TPSA) is 54.9 Å². The Balaban J connectivity index is 0.00000161. The number of hydrogen-bond acceptors (Lipinski definition) is 4. The first-order valence-electron chi connectivity index (χ1n) is 5.92. The largest absolute Gasteiger partial charge is 0.296 e. The van der Waals surface area contributed by atoms with Gasteiger partial charge in [0.1, 0.15) is 5.69 Å². The molecular formula is C14H11BrIN3OS. The van der Waals surface area contributed by atoms with Crippen molar-refractivity contribution in [3.63, 3.8) is 0 Å². The summed E-state index contributed by atoms with van der Waals surface area (Å²) < 4.78 is 2.06. The van der Waals surface area contributed by atoms with E-state index < -0.39 is 0 Å². The summed E-state index contributed by atoms with van der Waals surface area (Å²) in [4.78, 5) is 20.6. The first kappa shape index (κ1) is 16.3. The number of fused-ring (bicyclic) bond motifs is 1. The van der Waals surface area contributed by atoms with E-state index in [1.165, 1.54) is 16.9 Å². The average Bonchev–Trinajstić information content (AvgIpc) is 2.80. The second-order valence-corrected chi connectivity index (χ2v) is 6.58. The molecule has 4 nitrogen and oxygen atoms in total. The van der Waals surface area contributed by atoms with Crippen molar-refractivity contribution in [2.75, 3.05) is 5.32 Å². The van der Waals surface area contributed by atoms with Crippen molar-refractivity contribution in [2.45, 2.75) is 6.92 Å². The molecule has 0 fully saturated rings. The minimum absolute atomic E-state index is 0. The Hall–Kier alpha value is -1.06. The number of nitrogens with zero attached hydrogens (tertiary/aromatic N) is 2. The van der Waals surface area contributed by atoms with E-state index in [0.717, 1.165) is 13.8 Å². The van der Waals surface area contributed by atoms with Crippen LogP contribution in [0.3, 0.4) is 0 Å². The molecule has 7 heteroatoms. The highest BCUT2D eigenvalue weighted by atomic mass is 127. The summed E-state index contributed by atoms with van der Waals surface area (Å²) in [5.41, 5.74) is 2.46. The molecular weight excluding hydrogens is 465 g/mol. The number of benzene rings is 1. The number of rotatable bonds is 2. The number of carbonyl (C=O) groups is 1. The molecule has 0 aliphatic heterocycles. The molecule has 0 bridgehead atoms. The van der Waals surface area contributed by atoms with Gasteiger partial charge in [0, 0.05) is 9.77 Å². The summed E-state index contributed by atoms with van der Waals surface area (Å²) in [6, 6.07) is 9.58. The van der Waals surface area contributed by atoms with Crippen LogP contribution in [0, 0.1) is 10.5 Å². The molecule has 21 heavy (non-hydrogen) atoms. The van der Waals surface area contributed by atoms with Gasteiger partial charge in [-0.1, -0.05) is 17.4 Å². The van der Waals surface area contributed by atoms with Gasteiger partial charge < -0.3 is 0 Å². The summed E-state index contributed by atoms with van der Waals surface area (Å²) in [6.07, 6.45) is 1.66. The minimum atomic E-state index is -0.239. The molecule has 3 aromatic rings. The third kappa shape index (κ3) is 3.78. The van der Waals surface area contributed by atoms with Crippen LogP contribution in [0.1, 0.15) is 16.1 Å². The van der Waals surface area contributed by atoms with Crippen LogP contribution in [0.25, 0.3) is 10.2 Å². The molecule has 0 saturated carbocycles. The molecule has 0 spiro atoms. The van der Waals surface area contributed by atoms with Crippen LogP contribution in [0.15, 0.2) is 36.5 Å². The first-order valence-corrected chi connectivity index (χ1v) is 7.81. The predicted octanol–water partition coefficient (Wildman–Crippen LogP) is 4.43. The quantitative estimate of drug-likeness (QED) is 0.557. The van der Waals surface area contributed by atoms with Crippen LogP contribution in [0.5, 0.6) is 0 Å². The molecule has 0 saturated heterocycles. The Morgan fingerprint density at radius 3 is 2.81 bits per heavy atom. The zero-order valence-electron chi connectivity index (χ0n) is 11.0. The lowest BCUT2D eigenvalue weighted by Crippen LogP contribution is -2.13. The van der Waals surface area contributed by atoms with Gasteiger partial charge in [0.25, 0.3) is 5.91 Å². The smallest absolute Gasteiger partial charge is 0.276 e. The number of aryl methyl sites for hydroxylation is 1. The maximum Gasteiger partial charge on any atom is 0.276 e.